The summed E-state index contributed by atoms with van der Waals surface area (Å²) in [4.78, 5) is 14.1. The van der Waals surface area contributed by atoms with Crippen molar-refractivity contribution in [2.75, 3.05) is 18.8 Å². The average molecular weight is 282 g/mol. The van der Waals surface area contributed by atoms with Crippen molar-refractivity contribution in [3.05, 3.63) is 29.3 Å². The molecule has 0 atom stereocenters. The molecule has 1 aromatic carbocycles. The smallest absolute Gasteiger partial charge is 0.256 e. The zero-order chi connectivity index (χ0) is 14.9. The number of rotatable bonds is 1. The Morgan fingerprint density at radius 2 is 1.85 bits per heavy atom. The van der Waals surface area contributed by atoms with Gasteiger partial charge in [-0.15, -0.1) is 0 Å². The molecule has 1 aliphatic heterocycles. The van der Waals surface area contributed by atoms with E-state index in [1.54, 1.807) is 4.90 Å². The van der Waals surface area contributed by atoms with Gasteiger partial charge in [-0.25, -0.2) is 8.78 Å². The summed E-state index contributed by atoms with van der Waals surface area (Å²) in [5.74, 6) is -2.40. The molecule has 0 aromatic heterocycles. The highest BCUT2D eigenvalue weighted by molar-refractivity contribution is 5.99. The molecule has 5 heteroatoms. The molecule has 0 bridgehead atoms. The van der Waals surface area contributed by atoms with Gasteiger partial charge in [0.2, 0.25) is 0 Å². The first-order chi connectivity index (χ1) is 9.30. The third kappa shape index (κ3) is 3.08. The van der Waals surface area contributed by atoms with E-state index in [4.69, 9.17) is 5.73 Å². The lowest BCUT2D eigenvalue weighted by Crippen LogP contribution is -2.33. The Kier molecular flexibility index (Phi) is 3.97. The number of carbonyl (C=O) groups excluding carboxylic acids is 1. The Hall–Kier alpha value is -1.65. The van der Waals surface area contributed by atoms with Gasteiger partial charge in [0, 0.05) is 24.8 Å². The fourth-order valence-electron chi connectivity index (χ4n) is 2.54. The van der Waals surface area contributed by atoms with Crippen LogP contribution in [0.3, 0.4) is 0 Å². The van der Waals surface area contributed by atoms with E-state index in [1.165, 1.54) is 0 Å². The number of nitrogens with two attached hydrogens (primary N) is 1. The largest absolute Gasteiger partial charge is 0.398 e. The van der Waals surface area contributed by atoms with Crippen LogP contribution in [0.1, 0.15) is 43.5 Å². The molecular weight excluding hydrogens is 262 g/mol. The molecule has 110 valence electrons. The van der Waals surface area contributed by atoms with Gasteiger partial charge in [0.1, 0.15) is 0 Å². The second-order valence-electron chi connectivity index (χ2n) is 6.16. The number of nitrogens with zero attached hydrogens (tertiary/aromatic N) is 1. The van der Waals surface area contributed by atoms with Crippen LogP contribution in [0.2, 0.25) is 0 Å². The lowest BCUT2D eigenvalue weighted by Gasteiger charge is -2.24. The Morgan fingerprint density at radius 3 is 2.55 bits per heavy atom. The molecule has 1 aromatic rings. The first-order valence-corrected chi connectivity index (χ1v) is 6.84. The van der Waals surface area contributed by atoms with Gasteiger partial charge >= 0.3 is 0 Å². The number of amides is 1. The second kappa shape index (κ2) is 5.38. The molecule has 0 radical (unpaired) electrons. The normalized spacial score (nSPS) is 18.7. The molecule has 1 aliphatic rings. The molecule has 0 aliphatic carbocycles. The molecule has 0 unspecified atom stereocenters. The lowest BCUT2D eigenvalue weighted by atomic mass is 9.85. The minimum Gasteiger partial charge on any atom is -0.398 e. The highest BCUT2D eigenvalue weighted by atomic mass is 19.2. The van der Waals surface area contributed by atoms with Crippen molar-refractivity contribution < 1.29 is 13.6 Å². The zero-order valence-electron chi connectivity index (χ0n) is 11.9. The number of anilines is 1. The van der Waals surface area contributed by atoms with Gasteiger partial charge in [0.05, 0.1) is 5.56 Å². The molecule has 1 saturated heterocycles. The fraction of sp³-hybridized carbons (Fsp3) is 0.533. The summed E-state index contributed by atoms with van der Waals surface area (Å²) in [6, 6.07) is 1.76. The van der Waals surface area contributed by atoms with Crippen LogP contribution in [0, 0.1) is 17.0 Å². The number of nitrogen functional groups attached to an aromatic ring is 1. The van der Waals surface area contributed by atoms with Gasteiger partial charge in [-0.1, -0.05) is 13.8 Å². The van der Waals surface area contributed by atoms with Crippen LogP contribution in [-0.2, 0) is 0 Å². The van der Waals surface area contributed by atoms with E-state index in [-0.39, 0.29) is 22.6 Å². The number of hydrogen-bond donors (Lipinski definition) is 1. The first-order valence-electron chi connectivity index (χ1n) is 6.84. The zero-order valence-corrected chi connectivity index (χ0v) is 11.9. The topological polar surface area (TPSA) is 46.3 Å². The second-order valence-corrected chi connectivity index (χ2v) is 6.16. The van der Waals surface area contributed by atoms with Gasteiger partial charge in [0.25, 0.3) is 5.91 Å². The lowest BCUT2D eigenvalue weighted by molar-refractivity contribution is 0.0758. The first kappa shape index (κ1) is 14.8. The molecule has 2 N–H and O–H groups in total. The van der Waals surface area contributed by atoms with Crippen LogP contribution in [0.4, 0.5) is 14.5 Å². The van der Waals surface area contributed by atoms with Crippen molar-refractivity contribution in [2.24, 2.45) is 5.41 Å². The molecule has 2 rings (SSSR count). The standard InChI is InChI=1S/C15H20F2N2O/c1-15(2)4-3-6-19(7-5-15)14(20)10-8-11(16)12(17)9-13(10)18/h8-9H,3-7,18H2,1-2H3. The molecule has 20 heavy (non-hydrogen) atoms. The highest BCUT2D eigenvalue weighted by Crippen LogP contribution is 2.30. The molecular formula is C15H20F2N2O. The van der Waals surface area contributed by atoms with Crippen LogP contribution < -0.4 is 5.73 Å². The van der Waals surface area contributed by atoms with E-state index in [0.717, 1.165) is 31.4 Å². The van der Waals surface area contributed by atoms with Crippen molar-refractivity contribution in [1.82, 2.24) is 4.90 Å². The van der Waals surface area contributed by atoms with Crippen molar-refractivity contribution >= 4 is 11.6 Å². The van der Waals surface area contributed by atoms with Crippen LogP contribution >= 0.6 is 0 Å². The third-order valence-corrected chi connectivity index (χ3v) is 3.95. The van der Waals surface area contributed by atoms with E-state index >= 15 is 0 Å². The number of carbonyl (C=O) groups is 1. The van der Waals surface area contributed by atoms with E-state index in [1.807, 2.05) is 0 Å². The summed E-state index contributed by atoms with van der Waals surface area (Å²) in [5, 5.41) is 0. The number of hydrogen-bond acceptors (Lipinski definition) is 2. The summed E-state index contributed by atoms with van der Waals surface area (Å²) >= 11 is 0. The summed E-state index contributed by atoms with van der Waals surface area (Å²) in [7, 11) is 0. The van der Waals surface area contributed by atoms with E-state index < -0.39 is 11.6 Å². The Balaban J connectivity index is 2.21. The van der Waals surface area contributed by atoms with Crippen LogP contribution in [0.5, 0.6) is 0 Å². The van der Waals surface area contributed by atoms with E-state index in [9.17, 15) is 13.6 Å². The Morgan fingerprint density at radius 1 is 1.20 bits per heavy atom. The Labute approximate surface area is 117 Å². The quantitative estimate of drug-likeness (QED) is 0.804. The van der Waals surface area contributed by atoms with Crippen LogP contribution in [0.25, 0.3) is 0 Å². The average Bonchev–Trinajstić information content (AvgIpc) is 2.54. The number of benzene rings is 1. The van der Waals surface area contributed by atoms with E-state index in [2.05, 4.69) is 13.8 Å². The van der Waals surface area contributed by atoms with Crippen molar-refractivity contribution in [2.45, 2.75) is 33.1 Å². The van der Waals surface area contributed by atoms with Gasteiger partial charge in [-0.05, 0) is 30.7 Å². The van der Waals surface area contributed by atoms with Gasteiger partial charge < -0.3 is 10.6 Å². The molecule has 0 saturated carbocycles. The summed E-state index contributed by atoms with van der Waals surface area (Å²) in [6.07, 6.45) is 2.84. The summed E-state index contributed by atoms with van der Waals surface area (Å²) in [5.41, 5.74) is 5.87. The predicted octanol–water partition coefficient (Wildman–Crippen LogP) is 3.20. The van der Waals surface area contributed by atoms with Crippen molar-refractivity contribution in [3.8, 4) is 0 Å². The molecule has 0 spiro atoms. The third-order valence-electron chi connectivity index (χ3n) is 3.95. The number of likely N-dealkylation sites (tertiary alicyclic amines) is 1. The molecule has 1 fully saturated rings. The SMILES string of the molecule is CC1(C)CCCN(C(=O)c2cc(F)c(F)cc2N)CC1. The maximum Gasteiger partial charge on any atom is 0.256 e. The van der Waals surface area contributed by atoms with Crippen molar-refractivity contribution in [3.63, 3.8) is 0 Å². The predicted molar refractivity (Wildman–Crippen MR) is 74.3 cm³/mol. The summed E-state index contributed by atoms with van der Waals surface area (Å²) < 4.78 is 26.3. The maximum absolute atomic E-state index is 13.3. The van der Waals surface area contributed by atoms with E-state index in [0.29, 0.717) is 13.1 Å². The van der Waals surface area contributed by atoms with Crippen LogP contribution in [0.15, 0.2) is 12.1 Å². The minimum atomic E-state index is -1.04. The fourth-order valence-corrected chi connectivity index (χ4v) is 2.54. The molecule has 3 nitrogen and oxygen atoms in total. The molecule has 1 heterocycles. The molecule has 1 amide bonds. The maximum atomic E-state index is 13.3. The van der Waals surface area contributed by atoms with Crippen LogP contribution in [-0.4, -0.2) is 23.9 Å². The highest BCUT2D eigenvalue weighted by Gasteiger charge is 2.27. The minimum absolute atomic E-state index is 0.0163. The number of halogens is 2. The van der Waals surface area contributed by atoms with Crippen molar-refractivity contribution in [1.29, 1.82) is 0 Å². The Bertz CT molecular complexity index is 529. The van der Waals surface area contributed by atoms with Gasteiger partial charge in [0.15, 0.2) is 11.6 Å². The monoisotopic (exact) mass is 282 g/mol. The van der Waals surface area contributed by atoms with Gasteiger partial charge in [-0.3, -0.25) is 4.79 Å². The summed E-state index contributed by atoms with van der Waals surface area (Å²) in [6.45, 7) is 5.59. The van der Waals surface area contributed by atoms with Gasteiger partial charge in [-0.2, -0.15) is 0 Å².